The molecule has 0 saturated carbocycles. The molecule has 54 heavy (non-hydrogen) atoms. The fraction of sp³-hybridized carbons (Fsp3) is 0.650. The topological polar surface area (TPSA) is 189 Å². The molecule has 0 spiro atoms. The van der Waals surface area contributed by atoms with Gasteiger partial charge in [0, 0.05) is 30.9 Å². The molecule has 1 fully saturated rings. The molecular weight excluding hydrogens is 704 g/mol. The fourth-order valence-electron chi connectivity index (χ4n) is 6.17. The molecular formula is C40H58O14. The summed E-state index contributed by atoms with van der Waals surface area (Å²) in [6.07, 6.45) is 2.17. The van der Waals surface area contributed by atoms with Gasteiger partial charge in [0.2, 0.25) is 11.5 Å². The van der Waals surface area contributed by atoms with Crippen molar-refractivity contribution in [2.45, 2.75) is 130 Å². The molecule has 302 valence electrons. The van der Waals surface area contributed by atoms with Gasteiger partial charge in [0.25, 0.3) is 0 Å². The number of cyclic esters (lactones) is 1. The van der Waals surface area contributed by atoms with Crippen molar-refractivity contribution < 1.29 is 67.9 Å². The summed E-state index contributed by atoms with van der Waals surface area (Å²) >= 11 is 0. The number of unbranched alkanes of at least 4 members (excludes halogenated alkanes) is 5. The molecule has 1 saturated heterocycles. The van der Waals surface area contributed by atoms with Crippen LogP contribution in [0.3, 0.4) is 0 Å². The number of carbonyl (C=O) groups excluding carboxylic acids is 2. The number of carbonyl (C=O) groups is 2. The minimum Gasteiger partial charge on any atom is -0.504 e. The van der Waals surface area contributed by atoms with E-state index in [1.54, 1.807) is 0 Å². The Kier molecular flexibility index (Phi) is 16.8. The van der Waals surface area contributed by atoms with Crippen LogP contribution >= 0.6 is 0 Å². The number of benzene rings is 2. The average molecular weight is 763 g/mol. The quantitative estimate of drug-likeness (QED) is 0.0787. The lowest BCUT2D eigenvalue weighted by Gasteiger charge is -2.45. The van der Waals surface area contributed by atoms with Crippen LogP contribution in [0.5, 0.6) is 34.5 Å². The second-order valence-electron chi connectivity index (χ2n) is 13.5. The van der Waals surface area contributed by atoms with Gasteiger partial charge in [0.15, 0.2) is 35.4 Å². The molecule has 2 aromatic rings. The third kappa shape index (κ3) is 10.2. The van der Waals surface area contributed by atoms with Gasteiger partial charge < -0.3 is 58.3 Å². The number of esters is 2. The summed E-state index contributed by atoms with van der Waals surface area (Å²) in [5.41, 5.74) is -1.66. The lowest BCUT2D eigenvalue weighted by Crippen LogP contribution is -2.62. The molecule has 0 aromatic heterocycles. The van der Waals surface area contributed by atoms with E-state index in [9.17, 15) is 30.0 Å². The van der Waals surface area contributed by atoms with Crippen molar-refractivity contribution in [2.75, 3.05) is 39.6 Å². The maximum Gasteiger partial charge on any atom is 0.339 e. The highest BCUT2D eigenvalue weighted by Crippen LogP contribution is 2.54. The van der Waals surface area contributed by atoms with Gasteiger partial charge >= 0.3 is 11.9 Å². The first kappa shape index (κ1) is 42.8. The molecule has 0 radical (unpaired) electrons. The molecule has 4 N–H and O–H groups in total. The van der Waals surface area contributed by atoms with Crippen LogP contribution in [0.4, 0.5) is 0 Å². The SMILES string of the molecule is CCCCOc1c(O)cc2c(c1O)-c1c(cc(O)c(OCCCC)c1O)C(=O)O[C@@H]1C(COC2=O)O[C@@H](OCCCC)[C@@H](OCCCC)C1OCCCC. The van der Waals surface area contributed by atoms with E-state index in [4.69, 9.17) is 37.9 Å². The summed E-state index contributed by atoms with van der Waals surface area (Å²) in [5, 5.41) is 45.7. The maximum atomic E-state index is 14.5. The Hall–Kier alpha value is -3.98. The summed E-state index contributed by atoms with van der Waals surface area (Å²) in [6.45, 7) is 10.6. The van der Waals surface area contributed by atoms with E-state index >= 15 is 0 Å². The predicted molar refractivity (Wildman–Crippen MR) is 198 cm³/mol. The molecule has 0 aliphatic carbocycles. The van der Waals surface area contributed by atoms with Crippen LogP contribution in [0, 0.1) is 0 Å². The van der Waals surface area contributed by atoms with Crippen LogP contribution in [0.25, 0.3) is 11.1 Å². The molecule has 0 bridgehead atoms. The van der Waals surface area contributed by atoms with E-state index in [1.807, 2.05) is 34.6 Å². The van der Waals surface area contributed by atoms with Crippen molar-refractivity contribution in [1.82, 2.24) is 0 Å². The average Bonchev–Trinajstić information content (AvgIpc) is 3.16. The van der Waals surface area contributed by atoms with Gasteiger partial charge in [-0.3, -0.25) is 0 Å². The molecule has 2 heterocycles. The highest BCUT2D eigenvalue weighted by molar-refractivity contribution is 6.08. The number of aromatic hydroxyl groups is 4. The Bertz CT molecular complexity index is 1530. The second-order valence-corrected chi connectivity index (χ2v) is 13.5. The minimum absolute atomic E-state index is 0.0987. The standard InChI is InChI=1S/C40H58O14/c1-6-11-16-47-33-26(41)21-24-29(31(33)43)30-25(22-27(42)34(32(30)44)48-17-12-7-2)39(46)54-35-28(23-52-38(24)45)53-40(51-20-15-10-5)37(50-19-14-9-4)36(35)49-18-13-8-3/h21-22,28,35-37,40-44H,6-20,23H2,1-5H3/t28?,35-,36?,37+,40-/m1/s1. The number of phenolic OH excluding ortho intramolecular Hbond substituents is 4. The summed E-state index contributed by atoms with van der Waals surface area (Å²) in [7, 11) is 0. The zero-order valence-corrected chi connectivity index (χ0v) is 32.2. The Morgan fingerprint density at radius 3 is 1.56 bits per heavy atom. The van der Waals surface area contributed by atoms with Crippen LogP contribution in [0.15, 0.2) is 12.1 Å². The van der Waals surface area contributed by atoms with Gasteiger partial charge in [-0.2, -0.15) is 0 Å². The van der Waals surface area contributed by atoms with E-state index in [0.717, 1.165) is 57.1 Å². The normalized spacial score (nSPS) is 21.2. The molecule has 0 amide bonds. The highest BCUT2D eigenvalue weighted by Gasteiger charge is 2.51. The lowest BCUT2D eigenvalue weighted by molar-refractivity contribution is -0.315. The molecule has 2 aromatic carbocycles. The smallest absolute Gasteiger partial charge is 0.339 e. The molecule has 14 heteroatoms. The summed E-state index contributed by atoms with van der Waals surface area (Å²) in [6, 6.07) is 2.06. The van der Waals surface area contributed by atoms with Crippen molar-refractivity contribution >= 4 is 11.9 Å². The van der Waals surface area contributed by atoms with Gasteiger partial charge in [0.05, 0.1) is 24.3 Å². The summed E-state index contributed by atoms with van der Waals surface area (Å²) in [4.78, 5) is 28.6. The number of phenols is 4. The lowest BCUT2D eigenvalue weighted by atomic mass is 9.91. The molecule has 14 nitrogen and oxygen atoms in total. The van der Waals surface area contributed by atoms with Gasteiger partial charge in [-0.1, -0.05) is 66.7 Å². The van der Waals surface area contributed by atoms with Crippen molar-refractivity contribution in [3.8, 4) is 45.6 Å². The van der Waals surface area contributed by atoms with E-state index in [-0.39, 0.29) is 31.3 Å². The van der Waals surface area contributed by atoms with Gasteiger partial charge in [-0.05, 0) is 44.2 Å². The number of ether oxygens (including phenoxy) is 8. The number of hydrogen-bond acceptors (Lipinski definition) is 14. The van der Waals surface area contributed by atoms with E-state index in [1.165, 1.54) is 0 Å². The van der Waals surface area contributed by atoms with Crippen LogP contribution in [0.2, 0.25) is 0 Å². The minimum atomic E-state index is -1.24. The first-order chi connectivity index (χ1) is 26.1. The number of rotatable bonds is 20. The summed E-state index contributed by atoms with van der Waals surface area (Å²) in [5.74, 6) is -5.55. The third-order valence-electron chi connectivity index (χ3n) is 9.26. The van der Waals surface area contributed by atoms with Crippen LogP contribution in [-0.2, 0) is 28.4 Å². The molecule has 2 unspecified atom stereocenters. The molecule has 5 atom stereocenters. The van der Waals surface area contributed by atoms with Gasteiger partial charge in [-0.15, -0.1) is 0 Å². The van der Waals surface area contributed by atoms with E-state index < -0.39 is 94.5 Å². The Balaban J connectivity index is 1.94. The Labute approximate surface area is 317 Å². The first-order valence-electron chi connectivity index (χ1n) is 19.4. The predicted octanol–water partition coefficient (Wildman–Crippen LogP) is 7.14. The van der Waals surface area contributed by atoms with Gasteiger partial charge in [0.1, 0.15) is 24.9 Å². The third-order valence-corrected chi connectivity index (χ3v) is 9.26. The zero-order chi connectivity index (χ0) is 39.2. The Morgan fingerprint density at radius 1 is 0.611 bits per heavy atom. The van der Waals surface area contributed by atoms with Crippen molar-refractivity contribution in [2.24, 2.45) is 0 Å². The van der Waals surface area contributed by atoms with Crippen molar-refractivity contribution in [3.05, 3.63) is 23.3 Å². The van der Waals surface area contributed by atoms with E-state index in [0.29, 0.717) is 32.5 Å². The number of hydrogen-bond donors (Lipinski definition) is 4. The van der Waals surface area contributed by atoms with Crippen LogP contribution in [0.1, 0.15) is 120 Å². The molecule has 4 rings (SSSR count). The van der Waals surface area contributed by atoms with Crippen LogP contribution < -0.4 is 9.47 Å². The van der Waals surface area contributed by atoms with Crippen molar-refractivity contribution in [3.63, 3.8) is 0 Å². The molecule has 2 aliphatic heterocycles. The number of fused-ring (bicyclic) bond motifs is 4. The van der Waals surface area contributed by atoms with Gasteiger partial charge in [-0.25, -0.2) is 9.59 Å². The fourth-order valence-corrected chi connectivity index (χ4v) is 6.17. The van der Waals surface area contributed by atoms with Crippen LogP contribution in [-0.4, -0.2) is 103 Å². The maximum absolute atomic E-state index is 14.5. The zero-order valence-electron chi connectivity index (χ0n) is 32.2. The largest absolute Gasteiger partial charge is 0.504 e. The highest BCUT2D eigenvalue weighted by atomic mass is 16.7. The van der Waals surface area contributed by atoms with Crippen molar-refractivity contribution in [1.29, 1.82) is 0 Å². The van der Waals surface area contributed by atoms with E-state index in [2.05, 4.69) is 0 Å². The molecule has 2 aliphatic rings. The first-order valence-corrected chi connectivity index (χ1v) is 19.4. The second kappa shape index (κ2) is 21.2. The monoisotopic (exact) mass is 762 g/mol. The summed E-state index contributed by atoms with van der Waals surface area (Å²) < 4.78 is 48.7. The Morgan fingerprint density at radius 2 is 1.06 bits per heavy atom.